The van der Waals surface area contributed by atoms with Crippen LogP contribution in [-0.4, -0.2) is 11.2 Å². The van der Waals surface area contributed by atoms with Crippen LogP contribution in [0.5, 0.6) is 0 Å². The molecule has 0 heterocycles. The lowest BCUT2D eigenvalue weighted by atomic mass is 10.1. The number of aliphatic hydroxyl groups is 1. The summed E-state index contributed by atoms with van der Waals surface area (Å²) in [4.78, 5) is 0. The minimum Gasteiger partial charge on any atom is -0.385 e. The molecular weight excluding hydrogens is 184 g/mol. The quantitative estimate of drug-likeness (QED) is 0.584. The SMILES string of the molecule is C=C(C)C(O)C=CC=Cc1ccccc1. The summed E-state index contributed by atoms with van der Waals surface area (Å²) >= 11 is 0. The van der Waals surface area contributed by atoms with E-state index >= 15 is 0 Å². The molecule has 0 aromatic heterocycles. The lowest BCUT2D eigenvalue weighted by Gasteiger charge is -2.01. The highest BCUT2D eigenvalue weighted by Gasteiger charge is 1.95. The average Bonchev–Trinajstić information content (AvgIpc) is 2.25. The van der Waals surface area contributed by atoms with E-state index in [1.807, 2.05) is 48.6 Å². The monoisotopic (exact) mass is 200 g/mol. The smallest absolute Gasteiger partial charge is 0.0929 e. The fourth-order valence-corrected chi connectivity index (χ4v) is 1.06. The molecule has 0 aliphatic carbocycles. The number of allylic oxidation sites excluding steroid dienone is 2. The summed E-state index contributed by atoms with van der Waals surface area (Å²) in [6.45, 7) is 5.47. The van der Waals surface area contributed by atoms with Crippen molar-refractivity contribution in [1.29, 1.82) is 0 Å². The van der Waals surface area contributed by atoms with Gasteiger partial charge in [0.25, 0.3) is 0 Å². The van der Waals surface area contributed by atoms with Crippen molar-refractivity contribution in [3.63, 3.8) is 0 Å². The Morgan fingerprint density at radius 1 is 1.27 bits per heavy atom. The third-order valence-corrected chi connectivity index (χ3v) is 2.00. The van der Waals surface area contributed by atoms with E-state index < -0.39 is 6.10 Å². The number of rotatable bonds is 4. The van der Waals surface area contributed by atoms with Crippen LogP contribution in [0.4, 0.5) is 0 Å². The Morgan fingerprint density at radius 3 is 2.53 bits per heavy atom. The third-order valence-electron chi connectivity index (χ3n) is 2.00. The van der Waals surface area contributed by atoms with Gasteiger partial charge in [0.1, 0.15) is 0 Å². The Balaban J connectivity index is 2.50. The highest BCUT2D eigenvalue weighted by Crippen LogP contribution is 2.02. The topological polar surface area (TPSA) is 20.2 Å². The van der Waals surface area contributed by atoms with Crippen molar-refractivity contribution in [2.75, 3.05) is 0 Å². The lowest BCUT2D eigenvalue weighted by molar-refractivity contribution is 0.260. The van der Waals surface area contributed by atoms with Gasteiger partial charge in [0.05, 0.1) is 6.10 Å². The van der Waals surface area contributed by atoms with Crippen molar-refractivity contribution in [3.8, 4) is 0 Å². The summed E-state index contributed by atoms with van der Waals surface area (Å²) in [5, 5.41) is 9.40. The lowest BCUT2D eigenvalue weighted by Crippen LogP contribution is -2.01. The summed E-state index contributed by atoms with van der Waals surface area (Å²) in [5.74, 6) is 0. The first-order chi connectivity index (χ1) is 7.20. The van der Waals surface area contributed by atoms with Crippen LogP contribution in [0.3, 0.4) is 0 Å². The number of hydrogen-bond donors (Lipinski definition) is 1. The van der Waals surface area contributed by atoms with Crippen molar-refractivity contribution in [2.24, 2.45) is 0 Å². The molecule has 0 aliphatic heterocycles. The van der Waals surface area contributed by atoms with Gasteiger partial charge in [-0.25, -0.2) is 0 Å². The predicted molar refractivity (Wildman–Crippen MR) is 65.4 cm³/mol. The zero-order valence-corrected chi connectivity index (χ0v) is 8.93. The highest BCUT2D eigenvalue weighted by atomic mass is 16.3. The van der Waals surface area contributed by atoms with E-state index in [9.17, 15) is 5.11 Å². The third kappa shape index (κ3) is 4.43. The average molecular weight is 200 g/mol. The van der Waals surface area contributed by atoms with E-state index in [0.717, 1.165) is 11.1 Å². The van der Waals surface area contributed by atoms with Gasteiger partial charge in [-0.15, -0.1) is 0 Å². The summed E-state index contributed by atoms with van der Waals surface area (Å²) in [5.41, 5.74) is 1.89. The summed E-state index contributed by atoms with van der Waals surface area (Å²) < 4.78 is 0. The van der Waals surface area contributed by atoms with Gasteiger partial charge in [-0.1, -0.05) is 61.2 Å². The first-order valence-corrected chi connectivity index (χ1v) is 4.93. The van der Waals surface area contributed by atoms with Gasteiger partial charge in [-0.3, -0.25) is 0 Å². The number of aliphatic hydroxyl groups excluding tert-OH is 1. The molecule has 0 saturated carbocycles. The van der Waals surface area contributed by atoms with E-state index in [0.29, 0.717) is 0 Å². The second-order valence-electron chi connectivity index (χ2n) is 3.45. The Morgan fingerprint density at radius 2 is 1.93 bits per heavy atom. The van der Waals surface area contributed by atoms with Gasteiger partial charge in [0, 0.05) is 0 Å². The van der Waals surface area contributed by atoms with Crippen molar-refractivity contribution >= 4 is 6.08 Å². The van der Waals surface area contributed by atoms with Gasteiger partial charge in [0.2, 0.25) is 0 Å². The molecule has 0 spiro atoms. The van der Waals surface area contributed by atoms with E-state index in [2.05, 4.69) is 6.58 Å². The van der Waals surface area contributed by atoms with Crippen LogP contribution in [0.1, 0.15) is 12.5 Å². The molecule has 1 nitrogen and oxygen atoms in total. The van der Waals surface area contributed by atoms with Crippen molar-refractivity contribution in [1.82, 2.24) is 0 Å². The molecule has 1 aromatic rings. The molecule has 0 amide bonds. The van der Waals surface area contributed by atoms with Crippen molar-refractivity contribution < 1.29 is 5.11 Å². The van der Waals surface area contributed by atoms with Gasteiger partial charge in [-0.05, 0) is 18.1 Å². The highest BCUT2D eigenvalue weighted by molar-refractivity contribution is 5.50. The van der Waals surface area contributed by atoms with Gasteiger partial charge >= 0.3 is 0 Å². The van der Waals surface area contributed by atoms with E-state index in [1.165, 1.54) is 0 Å². The Hall–Kier alpha value is -1.60. The molecule has 1 unspecified atom stereocenters. The maximum atomic E-state index is 9.40. The molecule has 0 radical (unpaired) electrons. The van der Waals surface area contributed by atoms with Crippen LogP contribution in [0.25, 0.3) is 6.08 Å². The Bertz CT molecular complexity index is 360. The zero-order valence-electron chi connectivity index (χ0n) is 8.93. The van der Waals surface area contributed by atoms with E-state index in [-0.39, 0.29) is 0 Å². The molecule has 1 N–H and O–H groups in total. The first kappa shape index (κ1) is 11.5. The number of benzene rings is 1. The standard InChI is InChI=1S/C14H16O/c1-12(2)14(15)11-7-6-10-13-8-4-3-5-9-13/h3-11,14-15H,1H2,2H3. The largest absolute Gasteiger partial charge is 0.385 e. The molecule has 1 atom stereocenters. The van der Waals surface area contributed by atoms with Crippen LogP contribution in [0.15, 0.2) is 60.7 Å². The van der Waals surface area contributed by atoms with Gasteiger partial charge in [0.15, 0.2) is 0 Å². The Labute approximate surface area is 91.1 Å². The van der Waals surface area contributed by atoms with Crippen molar-refractivity contribution in [3.05, 3.63) is 66.3 Å². The molecule has 0 fully saturated rings. The van der Waals surface area contributed by atoms with Crippen LogP contribution in [-0.2, 0) is 0 Å². The fraction of sp³-hybridized carbons (Fsp3) is 0.143. The Kier molecular flexibility index (Phi) is 4.58. The predicted octanol–water partition coefficient (Wildman–Crippen LogP) is 3.19. The van der Waals surface area contributed by atoms with Crippen LogP contribution >= 0.6 is 0 Å². The maximum absolute atomic E-state index is 9.40. The minimum absolute atomic E-state index is 0.551. The summed E-state index contributed by atoms with van der Waals surface area (Å²) in [6, 6.07) is 10.0. The van der Waals surface area contributed by atoms with Crippen LogP contribution in [0, 0.1) is 0 Å². The first-order valence-electron chi connectivity index (χ1n) is 4.93. The fourth-order valence-electron chi connectivity index (χ4n) is 1.06. The molecule has 15 heavy (non-hydrogen) atoms. The normalized spacial score (nSPS) is 13.5. The molecule has 78 valence electrons. The van der Waals surface area contributed by atoms with E-state index in [1.54, 1.807) is 13.0 Å². The second kappa shape index (κ2) is 5.99. The van der Waals surface area contributed by atoms with Gasteiger partial charge in [-0.2, -0.15) is 0 Å². The van der Waals surface area contributed by atoms with Crippen LogP contribution in [0.2, 0.25) is 0 Å². The maximum Gasteiger partial charge on any atom is 0.0929 e. The van der Waals surface area contributed by atoms with Crippen molar-refractivity contribution in [2.45, 2.75) is 13.0 Å². The molecule has 1 aromatic carbocycles. The second-order valence-corrected chi connectivity index (χ2v) is 3.45. The molecule has 1 rings (SSSR count). The minimum atomic E-state index is -0.551. The summed E-state index contributed by atoms with van der Waals surface area (Å²) in [7, 11) is 0. The molecule has 1 heteroatoms. The van der Waals surface area contributed by atoms with E-state index in [4.69, 9.17) is 0 Å². The molecule has 0 aliphatic rings. The molecular formula is C14H16O. The van der Waals surface area contributed by atoms with Crippen LogP contribution < -0.4 is 0 Å². The molecule has 0 saturated heterocycles. The molecule has 0 bridgehead atoms. The number of hydrogen-bond acceptors (Lipinski definition) is 1. The summed E-state index contributed by atoms with van der Waals surface area (Å²) in [6.07, 6.45) is 6.88. The van der Waals surface area contributed by atoms with Gasteiger partial charge < -0.3 is 5.11 Å². The zero-order chi connectivity index (χ0) is 11.1.